The van der Waals surface area contributed by atoms with Crippen LogP contribution in [0.5, 0.6) is 0 Å². The molecule has 28 heavy (non-hydrogen) atoms. The van der Waals surface area contributed by atoms with E-state index < -0.39 is 9.84 Å². The van der Waals surface area contributed by atoms with Crippen LogP contribution in [0.25, 0.3) is 10.9 Å². The van der Waals surface area contributed by atoms with E-state index in [-0.39, 0.29) is 23.5 Å². The molecule has 152 valence electrons. The number of para-hydroxylation sites is 1. The van der Waals surface area contributed by atoms with Gasteiger partial charge in [-0.2, -0.15) is 0 Å². The van der Waals surface area contributed by atoms with Crippen LogP contribution >= 0.6 is 0 Å². The molecule has 0 bridgehead atoms. The van der Waals surface area contributed by atoms with Crippen molar-refractivity contribution in [1.82, 2.24) is 14.4 Å². The number of carbonyl (C=O) groups is 1. The van der Waals surface area contributed by atoms with E-state index in [2.05, 4.69) is 9.47 Å². The smallest absolute Gasteiger partial charge is 0.256 e. The second kappa shape index (κ2) is 7.85. The molecule has 1 aromatic heterocycles. The summed E-state index contributed by atoms with van der Waals surface area (Å²) in [5, 5.41) is 0.966. The Morgan fingerprint density at radius 3 is 2.61 bits per heavy atom. The Balaban J connectivity index is 1.47. The number of rotatable bonds is 5. The summed E-state index contributed by atoms with van der Waals surface area (Å²) in [5.74, 6) is 0.595. The van der Waals surface area contributed by atoms with Gasteiger partial charge < -0.3 is 14.2 Å². The van der Waals surface area contributed by atoms with Crippen LogP contribution in [0.4, 0.5) is 0 Å². The van der Waals surface area contributed by atoms with E-state index in [4.69, 9.17) is 4.74 Å². The number of hydrogen-bond donors (Lipinski definition) is 0. The Bertz CT molecular complexity index is 961. The molecule has 7 nitrogen and oxygen atoms in total. The van der Waals surface area contributed by atoms with Crippen LogP contribution in [-0.2, 0) is 21.1 Å². The van der Waals surface area contributed by atoms with E-state index in [1.54, 1.807) is 7.11 Å². The minimum atomic E-state index is -2.88. The maximum atomic E-state index is 13.2. The van der Waals surface area contributed by atoms with Gasteiger partial charge in [-0.05, 0) is 12.5 Å². The average Bonchev–Trinajstić information content (AvgIpc) is 3.26. The Hall–Kier alpha value is -1.90. The number of ether oxygens (including phenoxy) is 1. The Morgan fingerprint density at radius 2 is 1.93 bits per heavy atom. The number of nitrogens with zero attached hydrogens (tertiary/aromatic N) is 3. The third kappa shape index (κ3) is 3.81. The highest BCUT2D eigenvalue weighted by molar-refractivity contribution is 7.91. The van der Waals surface area contributed by atoms with Crippen molar-refractivity contribution in [1.29, 1.82) is 0 Å². The molecule has 0 N–H and O–H groups in total. The monoisotopic (exact) mass is 405 g/mol. The number of fused-ring (bicyclic) bond motifs is 1. The highest BCUT2D eigenvalue weighted by atomic mass is 32.2. The number of carbonyl (C=O) groups excluding carboxylic acids is 1. The molecule has 1 atom stereocenters. The predicted molar refractivity (Wildman–Crippen MR) is 108 cm³/mol. The van der Waals surface area contributed by atoms with Crippen molar-refractivity contribution in [2.24, 2.45) is 0 Å². The molecule has 2 aromatic rings. The van der Waals surface area contributed by atoms with Gasteiger partial charge in [0.15, 0.2) is 9.84 Å². The molecule has 8 heteroatoms. The minimum Gasteiger partial charge on any atom is -0.383 e. The lowest BCUT2D eigenvalue weighted by molar-refractivity contribution is 0.0589. The third-order valence-corrected chi connectivity index (χ3v) is 7.63. The summed E-state index contributed by atoms with van der Waals surface area (Å²) in [7, 11) is -1.21. The maximum Gasteiger partial charge on any atom is 0.256 e. The Labute approximate surface area is 165 Å². The van der Waals surface area contributed by atoms with E-state index in [0.29, 0.717) is 32.7 Å². The first-order valence-corrected chi connectivity index (χ1v) is 11.6. The molecule has 0 radical (unpaired) electrons. The van der Waals surface area contributed by atoms with Gasteiger partial charge in [-0.15, -0.1) is 0 Å². The summed E-state index contributed by atoms with van der Waals surface area (Å²) in [4.78, 5) is 17.3. The maximum absolute atomic E-state index is 13.2. The van der Waals surface area contributed by atoms with Crippen LogP contribution in [0.3, 0.4) is 0 Å². The van der Waals surface area contributed by atoms with Crippen molar-refractivity contribution in [2.75, 3.05) is 51.4 Å². The van der Waals surface area contributed by atoms with Gasteiger partial charge in [-0.3, -0.25) is 9.69 Å². The van der Waals surface area contributed by atoms with Gasteiger partial charge in [-0.25, -0.2) is 8.42 Å². The number of amides is 1. The number of aromatic nitrogens is 1. The van der Waals surface area contributed by atoms with Gasteiger partial charge in [0.25, 0.3) is 5.91 Å². The number of hydrogen-bond acceptors (Lipinski definition) is 5. The van der Waals surface area contributed by atoms with E-state index in [1.165, 1.54) is 0 Å². The van der Waals surface area contributed by atoms with Crippen LogP contribution < -0.4 is 0 Å². The lowest BCUT2D eigenvalue weighted by Gasteiger charge is -2.37. The van der Waals surface area contributed by atoms with Crippen molar-refractivity contribution in [3.63, 3.8) is 0 Å². The molecular formula is C20H27N3O4S. The van der Waals surface area contributed by atoms with Crippen LogP contribution in [-0.4, -0.2) is 86.1 Å². The van der Waals surface area contributed by atoms with Gasteiger partial charge in [-0.1, -0.05) is 18.2 Å². The number of benzene rings is 1. The zero-order valence-electron chi connectivity index (χ0n) is 16.2. The first kappa shape index (κ1) is 19.4. The summed E-state index contributed by atoms with van der Waals surface area (Å²) in [6, 6.07) is 8.07. The predicted octanol–water partition coefficient (Wildman–Crippen LogP) is 1.23. The highest BCUT2D eigenvalue weighted by Gasteiger charge is 2.34. The summed E-state index contributed by atoms with van der Waals surface area (Å²) < 4.78 is 30.7. The van der Waals surface area contributed by atoms with Crippen molar-refractivity contribution in [2.45, 2.75) is 19.0 Å². The lowest BCUT2D eigenvalue weighted by Crippen LogP contribution is -2.52. The molecule has 2 fully saturated rings. The second-order valence-corrected chi connectivity index (χ2v) is 9.86. The quantitative estimate of drug-likeness (QED) is 0.748. The molecule has 0 saturated carbocycles. The second-order valence-electron chi connectivity index (χ2n) is 7.63. The van der Waals surface area contributed by atoms with Crippen LogP contribution in [0, 0.1) is 0 Å². The standard InChI is InChI=1S/C20H27N3O4S/c1-27-12-11-23-14-18(17-4-2-3-5-19(17)23)20(24)22-9-7-21(8-10-22)16-6-13-28(25,26)15-16/h2-5,14,16H,6-13,15H2,1H3. The summed E-state index contributed by atoms with van der Waals surface area (Å²) in [6.07, 6.45) is 2.64. The number of sulfone groups is 1. The highest BCUT2D eigenvalue weighted by Crippen LogP contribution is 2.24. The van der Waals surface area contributed by atoms with E-state index >= 15 is 0 Å². The molecule has 1 unspecified atom stereocenters. The normalized spacial score (nSPS) is 22.8. The molecule has 0 aliphatic carbocycles. The van der Waals surface area contributed by atoms with Gasteiger partial charge >= 0.3 is 0 Å². The number of piperazine rings is 1. The molecule has 2 aliphatic heterocycles. The SMILES string of the molecule is COCCn1cc(C(=O)N2CCN(C3CCS(=O)(=O)C3)CC2)c2ccccc21. The van der Waals surface area contributed by atoms with Crippen molar-refractivity contribution in [3.05, 3.63) is 36.0 Å². The molecule has 0 spiro atoms. The van der Waals surface area contributed by atoms with Crippen molar-refractivity contribution in [3.8, 4) is 0 Å². The van der Waals surface area contributed by atoms with E-state index in [1.807, 2.05) is 35.4 Å². The lowest BCUT2D eigenvalue weighted by atomic mass is 10.1. The van der Waals surface area contributed by atoms with Crippen LogP contribution in [0.15, 0.2) is 30.5 Å². The van der Waals surface area contributed by atoms with Gasteiger partial charge in [0.2, 0.25) is 0 Å². The Kier molecular flexibility index (Phi) is 5.44. The minimum absolute atomic E-state index is 0.0473. The van der Waals surface area contributed by atoms with Gasteiger partial charge in [0, 0.05) is 63.0 Å². The fraction of sp³-hybridized carbons (Fsp3) is 0.550. The first-order chi connectivity index (χ1) is 13.5. The third-order valence-electron chi connectivity index (χ3n) is 5.88. The molecule has 2 aliphatic rings. The largest absolute Gasteiger partial charge is 0.383 e. The molecule has 3 heterocycles. The van der Waals surface area contributed by atoms with Crippen LogP contribution in [0.1, 0.15) is 16.8 Å². The summed E-state index contributed by atoms with van der Waals surface area (Å²) in [6.45, 7) is 4.02. The van der Waals surface area contributed by atoms with E-state index in [9.17, 15) is 13.2 Å². The fourth-order valence-electron chi connectivity index (χ4n) is 4.32. The average molecular weight is 406 g/mol. The zero-order valence-corrected chi connectivity index (χ0v) is 17.0. The Morgan fingerprint density at radius 1 is 1.18 bits per heavy atom. The first-order valence-electron chi connectivity index (χ1n) is 9.79. The summed E-state index contributed by atoms with van der Waals surface area (Å²) >= 11 is 0. The van der Waals surface area contributed by atoms with Crippen LogP contribution in [0.2, 0.25) is 0 Å². The van der Waals surface area contributed by atoms with Crippen molar-refractivity contribution < 1.29 is 17.9 Å². The topological polar surface area (TPSA) is 71.8 Å². The van der Waals surface area contributed by atoms with Crippen molar-refractivity contribution >= 4 is 26.6 Å². The van der Waals surface area contributed by atoms with Gasteiger partial charge in [0.05, 0.1) is 23.7 Å². The van der Waals surface area contributed by atoms with E-state index in [0.717, 1.165) is 29.6 Å². The molecule has 1 amide bonds. The molecular weight excluding hydrogens is 378 g/mol. The number of methoxy groups -OCH3 is 1. The molecule has 2 saturated heterocycles. The zero-order chi connectivity index (χ0) is 19.7. The molecule has 1 aromatic carbocycles. The molecule has 4 rings (SSSR count). The fourth-order valence-corrected chi connectivity index (χ4v) is 6.08. The summed E-state index contributed by atoms with van der Waals surface area (Å²) in [5.41, 5.74) is 1.77. The van der Waals surface area contributed by atoms with Gasteiger partial charge in [0.1, 0.15) is 0 Å².